The number of halogens is 2. The zero-order valence-electron chi connectivity index (χ0n) is 22.7. The van der Waals surface area contributed by atoms with Crippen molar-refractivity contribution in [2.45, 2.75) is 92.4 Å². The van der Waals surface area contributed by atoms with Gasteiger partial charge in [0, 0.05) is 4.75 Å². The van der Waals surface area contributed by atoms with E-state index in [9.17, 15) is 19.2 Å². The SMILES string of the molecule is COC(=O)[C@H](CC(C)C)NC(=O)[C@H](CC(C)C)NC(=O)c1cn(C[C@@H]2N3C(=O)C(Br)(Br)[C@H]3SC2(C)C)nn1. The van der Waals surface area contributed by atoms with E-state index in [1.807, 2.05) is 32.6 Å². The van der Waals surface area contributed by atoms with Crippen molar-refractivity contribution < 1.29 is 23.9 Å². The molecule has 3 amide bonds. The molecular weight excluding hydrogens is 644 g/mol. The Labute approximate surface area is 244 Å². The van der Waals surface area contributed by atoms with Gasteiger partial charge in [-0.15, -0.1) is 16.9 Å². The topological polar surface area (TPSA) is 136 Å². The van der Waals surface area contributed by atoms with E-state index in [4.69, 9.17) is 4.74 Å². The number of carbonyl (C=O) groups is 4. The molecule has 11 nitrogen and oxygen atoms in total. The normalized spacial score (nSPS) is 23.0. The fourth-order valence-electron chi connectivity index (χ4n) is 4.64. The number of aromatic nitrogens is 3. The Hall–Kier alpha value is -1.67. The first-order valence-electron chi connectivity index (χ1n) is 12.6. The number of nitrogens with one attached hydrogen (secondary N) is 2. The van der Waals surface area contributed by atoms with E-state index in [2.05, 4.69) is 66.7 Å². The molecule has 0 aromatic carbocycles. The van der Waals surface area contributed by atoms with Crippen LogP contribution in [0.4, 0.5) is 0 Å². The van der Waals surface area contributed by atoms with E-state index >= 15 is 0 Å². The third-order valence-electron chi connectivity index (χ3n) is 6.61. The number of hydrogen-bond acceptors (Lipinski definition) is 8. The molecule has 3 rings (SSSR count). The zero-order valence-corrected chi connectivity index (χ0v) is 26.6. The number of rotatable bonds is 11. The third-order valence-corrected chi connectivity index (χ3v) is 10.4. The summed E-state index contributed by atoms with van der Waals surface area (Å²) in [7, 11) is 1.28. The number of amides is 3. The number of thioether (sulfide) groups is 1. The molecule has 1 aromatic heterocycles. The largest absolute Gasteiger partial charge is 0.467 e. The molecule has 2 fully saturated rings. The summed E-state index contributed by atoms with van der Waals surface area (Å²) in [5, 5.41) is 13.6. The van der Waals surface area contributed by atoms with E-state index in [-0.39, 0.29) is 39.6 Å². The van der Waals surface area contributed by atoms with Crippen molar-refractivity contribution in [2.24, 2.45) is 11.8 Å². The molecule has 0 radical (unpaired) electrons. The number of nitrogens with zero attached hydrogens (tertiary/aromatic N) is 4. The summed E-state index contributed by atoms with van der Waals surface area (Å²) >= 11 is 8.64. The molecule has 4 atom stereocenters. The number of carbonyl (C=O) groups excluding carboxylic acids is 4. The van der Waals surface area contributed by atoms with Gasteiger partial charge in [0.2, 0.25) is 5.91 Å². The average molecular weight is 680 g/mol. The van der Waals surface area contributed by atoms with Crippen LogP contribution in [0.25, 0.3) is 0 Å². The highest BCUT2D eigenvalue weighted by molar-refractivity contribution is 9.26. The lowest BCUT2D eigenvalue weighted by Gasteiger charge is -2.47. The fraction of sp³-hybridized carbons (Fsp3) is 0.750. The Morgan fingerprint density at radius 3 is 2.29 bits per heavy atom. The molecular formula is C24H36Br2N6O5S. The maximum absolute atomic E-state index is 13.1. The minimum Gasteiger partial charge on any atom is -0.467 e. The standard InChI is InChI=1S/C24H36Br2N6O5S/c1-12(2)8-14(18(33)28-15(9-13(3)4)20(35)37-7)27-19(34)16-10-31(30-29-16)11-17-23(5,6)38-22-24(25,26)21(36)32(17)22/h10,12-15,17,22H,8-9,11H2,1-7H3,(H,27,34)(H,28,33)/t14-,15-,17-,22+/m0/s1. The Balaban J connectivity index is 1.69. The van der Waals surface area contributed by atoms with Crippen molar-refractivity contribution in [3.63, 3.8) is 0 Å². The summed E-state index contributed by atoms with van der Waals surface area (Å²) in [6.07, 6.45) is 2.30. The molecule has 2 N–H and O–H groups in total. The molecule has 0 saturated carbocycles. The number of alkyl halides is 2. The molecule has 212 valence electrons. The summed E-state index contributed by atoms with van der Waals surface area (Å²) in [5.74, 6) is -1.34. The van der Waals surface area contributed by atoms with Crippen molar-refractivity contribution in [1.82, 2.24) is 30.5 Å². The van der Waals surface area contributed by atoms with Crippen LogP contribution >= 0.6 is 43.6 Å². The number of β-lactam (4-membered cyclic amide) rings is 1. The van der Waals surface area contributed by atoms with E-state index in [0.29, 0.717) is 19.4 Å². The smallest absolute Gasteiger partial charge is 0.328 e. The Morgan fingerprint density at radius 1 is 1.11 bits per heavy atom. The van der Waals surface area contributed by atoms with Crippen molar-refractivity contribution in [3.05, 3.63) is 11.9 Å². The van der Waals surface area contributed by atoms with Gasteiger partial charge in [0.15, 0.2) is 8.93 Å². The van der Waals surface area contributed by atoms with Crippen molar-refractivity contribution in [3.8, 4) is 0 Å². The molecule has 0 aliphatic carbocycles. The summed E-state index contributed by atoms with van der Waals surface area (Å²) < 4.78 is 5.38. The number of methoxy groups -OCH3 is 1. The summed E-state index contributed by atoms with van der Waals surface area (Å²) in [5.41, 5.74) is 0.0588. The Morgan fingerprint density at radius 2 is 1.71 bits per heavy atom. The first kappa shape index (κ1) is 30.9. The molecule has 2 aliphatic heterocycles. The van der Waals surface area contributed by atoms with Crippen LogP contribution in [0, 0.1) is 11.8 Å². The highest BCUT2D eigenvalue weighted by Crippen LogP contribution is 2.60. The lowest BCUT2D eigenvalue weighted by Crippen LogP contribution is -2.67. The van der Waals surface area contributed by atoms with Crippen LogP contribution in [0.3, 0.4) is 0 Å². The van der Waals surface area contributed by atoms with Gasteiger partial charge in [0.25, 0.3) is 11.8 Å². The Kier molecular flexibility index (Phi) is 9.61. The fourth-order valence-corrected chi connectivity index (χ4v) is 7.58. The van der Waals surface area contributed by atoms with Crippen LogP contribution in [-0.4, -0.2) is 82.2 Å². The van der Waals surface area contributed by atoms with E-state index < -0.39 is 33.1 Å². The molecule has 3 heterocycles. The predicted molar refractivity (Wildman–Crippen MR) is 151 cm³/mol. The summed E-state index contributed by atoms with van der Waals surface area (Å²) in [6, 6.07) is -1.83. The highest BCUT2D eigenvalue weighted by Gasteiger charge is 2.68. The lowest BCUT2D eigenvalue weighted by atomic mass is 9.98. The molecule has 0 bridgehead atoms. The molecule has 14 heteroatoms. The minimum atomic E-state index is -0.873. The van der Waals surface area contributed by atoms with Crippen LogP contribution in [0.5, 0.6) is 0 Å². The quantitative estimate of drug-likeness (QED) is 0.207. The number of fused-ring (bicyclic) bond motifs is 1. The number of ether oxygens (including phenoxy) is 1. The average Bonchev–Trinajstić information content (AvgIpc) is 3.38. The van der Waals surface area contributed by atoms with Crippen molar-refractivity contribution in [1.29, 1.82) is 0 Å². The molecule has 0 unspecified atom stereocenters. The van der Waals surface area contributed by atoms with Gasteiger partial charge in [0.05, 0.1) is 25.9 Å². The van der Waals surface area contributed by atoms with E-state index in [1.165, 1.54) is 13.3 Å². The molecule has 38 heavy (non-hydrogen) atoms. The van der Waals surface area contributed by atoms with E-state index in [0.717, 1.165) is 0 Å². The molecule has 1 aromatic rings. The second-order valence-electron chi connectivity index (χ2n) is 11.1. The first-order chi connectivity index (χ1) is 17.6. The van der Waals surface area contributed by atoms with Gasteiger partial charge in [-0.3, -0.25) is 14.4 Å². The van der Waals surface area contributed by atoms with Gasteiger partial charge in [0.1, 0.15) is 17.5 Å². The van der Waals surface area contributed by atoms with Crippen molar-refractivity contribution >= 4 is 67.3 Å². The predicted octanol–water partition coefficient (Wildman–Crippen LogP) is 2.67. The van der Waals surface area contributed by atoms with Crippen molar-refractivity contribution in [2.75, 3.05) is 7.11 Å². The molecule has 2 saturated heterocycles. The number of hydrogen-bond donors (Lipinski definition) is 2. The zero-order chi connectivity index (χ0) is 28.6. The van der Waals surface area contributed by atoms with Gasteiger partial charge in [-0.2, -0.15) is 0 Å². The second kappa shape index (κ2) is 11.8. The van der Waals surface area contributed by atoms with Crippen LogP contribution in [0.2, 0.25) is 0 Å². The van der Waals surface area contributed by atoms with Gasteiger partial charge < -0.3 is 20.3 Å². The van der Waals surface area contributed by atoms with Crippen LogP contribution in [0.1, 0.15) is 64.9 Å². The van der Waals surface area contributed by atoms with Crippen LogP contribution in [0.15, 0.2) is 6.20 Å². The monoisotopic (exact) mass is 678 g/mol. The molecule has 0 spiro atoms. The maximum atomic E-state index is 13.1. The Bertz CT molecular complexity index is 1080. The summed E-state index contributed by atoms with van der Waals surface area (Å²) in [4.78, 5) is 52.9. The summed E-state index contributed by atoms with van der Waals surface area (Å²) in [6.45, 7) is 12.3. The van der Waals surface area contributed by atoms with Crippen LogP contribution < -0.4 is 10.6 Å². The lowest BCUT2D eigenvalue weighted by molar-refractivity contribution is -0.146. The molecule has 2 aliphatic rings. The highest BCUT2D eigenvalue weighted by atomic mass is 79.9. The van der Waals surface area contributed by atoms with Gasteiger partial charge >= 0.3 is 5.97 Å². The van der Waals surface area contributed by atoms with E-state index in [1.54, 1.807) is 16.4 Å². The van der Waals surface area contributed by atoms with Gasteiger partial charge in [-0.05, 0) is 38.5 Å². The van der Waals surface area contributed by atoms with Crippen LogP contribution in [-0.2, 0) is 25.7 Å². The third kappa shape index (κ3) is 6.55. The maximum Gasteiger partial charge on any atom is 0.328 e. The first-order valence-corrected chi connectivity index (χ1v) is 15.0. The van der Waals surface area contributed by atoms with Gasteiger partial charge in [-0.25, -0.2) is 9.48 Å². The minimum absolute atomic E-state index is 0.0473. The number of esters is 1. The second-order valence-corrected chi connectivity index (χ2v) is 16.4. The van der Waals surface area contributed by atoms with Gasteiger partial charge in [-0.1, -0.05) is 64.8 Å².